The number of nitrogens with zero attached hydrogens (tertiary/aromatic N) is 4. The fourth-order valence-corrected chi connectivity index (χ4v) is 1.56. The van der Waals surface area contributed by atoms with Gasteiger partial charge in [-0.3, -0.25) is 0 Å². The summed E-state index contributed by atoms with van der Waals surface area (Å²) in [6.45, 7) is 0. The maximum atomic E-state index is 12.9. The number of nitrogens with two attached hydrogens (primary N) is 1. The monoisotopic (exact) mass is 282 g/mol. The van der Waals surface area contributed by atoms with Crippen LogP contribution in [0.3, 0.4) is 0 Å². The van der Waals surface area contributed by atoms with Gasteiger partial charge in [0.25, 0.3) is 0 Å². The molecule has 1 aromatic carbocycles. The molecule has 0 radical (unpaired) electrons. The number of hydrogen-bond donors (Lipinski definition) is 2. The molecule has 2 rings (SSSR count). The molecule has 0 aliphatic rings. The van der Waals surface area contributed by atoms with Crippen LogP contribution in [0, 0.1) is 5.82 Å². The summed E-state index contributed by atoms with van der Waals surface area (Å²) < 4.78 is 12.9. The van der Waals surface area contributed by atoms with Gasteiger partial charge in [-0.2, -0.15) is 15.0 Å². The number of nitrogen functional groups attached to an aromatic ring is 1. The maximum absolute atomic E-state index is 12.9. The van der Waals surface area contributed by atoms with E-state index >= 15 is 0 Å². The Bertz CT molecular complexity index is 604. The largest absolute Gasteiger partial charge is 0.368 e. The van der Waals surface area contributed by atoms with Gasteiger partial charge in [-0.1, -0.05) is 11.6 Å². The Hall–Kier alpha value is -2.15. The lowest BCUT2D eigenvalue weighted by atomic mass is 10.3. The molecule has 0 fully saturated rings. The minimum absolute atomic E-state index is 0.0828. The Morgan fingerprint density at radius 1 is 1.26 bits per heavy atom. The van der Waals surface area contributed by atoms with Crippen LogP contribution in [0.2, 0.25) is 5.02 Å². The van der Waals surface area contributed by atoms with Gasteiger partial charge < -0.3 is 16.0 Å². The molecule has 0 unspecified atom stereocenters. The Morgan fingerprint density at radius 3 is 2.63 bits per heavy atom. The predicted molar refractivity (Wildman–Crippen MR) is 73.3 cm³/mol. The van der Waals surface area contributed by atoms with E-state index in [4.69, 9.17) is 17.3 Å². The second-order valence-electron chi connectivity index (χ2n) is 3.96. The SMILES string of the molecule is CN(C)c1nc(N)nc(Nc2ccc(F)cc2Cl)n1. The lowest BCUT2D eigenvalue weighted by Gasteiger charge is -2.12. The van der Waals surface area contributed by atoms with Crippen LogP contribution in [0.4, 0.5) is 27.9 Å². The van der Waals surface area contributed by atoms with E-state index in [1.54, 1.807) is 19.0 Å². The average molecular weight is 283 g/mol. The summed E-state index contributed by atoms with van der Waals surface area (Å²) in [5.41, 5.74) is 6.08. The molecule has 0 saturated heterocycles. The van der Waals surface area contributed by atoms with Crippen LogP contribution in [0.5, 0.6) is 0 Å². The highest BCUT2D eigenvalue weighted by molar-refractivity contribution is 6.33. The lowest BCUT2D eigenvalue weighted by molar-refractivity contribution is 0.628. The van der Waals surface area contributed by atoms with E-state index in [0.717, 1.165) is 0 Å². The molecule has 100 valence electrons. The molecule has 1 heterocycles. The molecule has 0 aliphatic carbocycles. The molecule has 1 aromatic heterocycles. The Labute approximate surface area is 114 Å². The Kier molecular flexibility index (Phi) is 3.66. The van der Waals surface area contributed by atoms with E-state index in [9.17, 15) is 4.39 Å². The standard InChI is InChI=1S/C11H12ClFN6/c1-19(2)11-17-9(14)16-10(18-11)15-8-4-3-6(13)5-7(8)12/h3-5H,1-2H3,(H3,14,15,16,17,18). The third kappa shape index (κ3) is 3.19. The van der Waals surface area contributed by atoms with Crippen molar-refractivity contribution in [2.75, 3.05) is 30.0 Å². The summed E-state index contributed by atoms with van der Waals surface area (Å²) in [6.07, 6.45) is 0. The van der Waals surface area contributed by atoms with Crippen molar-refractivity contribution in [2.45, 2.75) is 0 Å². The fraction of sp³-hybridized carbons (Fsp3) is 0.182. The molecule has 0 aliphatic heterocycles. The molecule has 0 atom stereocenters. The number of halogens is 2. The number of anilines is 4. The Morgan fingerprint density at radius 2 is 2.00 bits per heavy atom. The van der Waals surface area contributed by atoms with E-state index in [0.29, 0.717) is 11.6 Å². The summed E-state index contributed by atoms with van der Waals surface area (Å²) in [6, 6.07) is 3.97. The van der Waals surface area contributed by atoms with Gasteiger partial charge in [0.15, 0.2) is 0 Å². The van der Waals surface area contributed by atoms with Crippen LogP contribution in [-0.4, -0.2) is 29.0 Å². The fourth-order valence-electron chi connectivity index (χ4n) is 1.35. The van der Waals surface area contributed by atoms with Gasteiger partial charge in [0, 0.05) is 14.1 Å². The van der Waals surface area contributed by atoms with Crippen molar-refractivity contribution >= 4 is 35.1 Å². The molecule has 0 amide bonds. The molecule has 8 heteroatoms. The van der Waals surface area contributed by atoms with Crippen LogP contribution < -0.4 is 16.0 Å². The number of hydrogen-bond acceptors (Lipinski definition) is 6. The zero-order chi connectivity index (χ0) is 14.0. The van der Waals surface area contributed by atoms with Crippen LogP contribution in [0.15, 0.2) is 18.2 Å². The molecule has 0 spiro atoms. The number of rotatable bonds is 3. The molecular formula is C11H12ClFN6. The molecule has 6 nitrogen and oxygen atoms in total. The average Bonchev–Trinajstić information content (AvgIpc) is 2.32. The first-order valence-corrected chi connectivity index (χ1v) is 5.74. The second kappa shape index (κ2) is 5.23. The van der Waals surface area contributed by atoms with Crippen molar-refractivity contribution in [2.24, 2.45) is 0 Å². The first kappa shape index (κ1) is 13.3. The first-order valence-electron chi connectivity index (χ1n) is 5.36. The third-order valence-electron chi connectivity index (χ3n) is 2.22. The van der Waals surface area contributed by atoms with Crippen molar-refractivity contribution in [1.29, 1.82) is 0 Å². The van der Waals surface area contributed by atoms with Gasteiger partial charge in [-0.05, 0) is 18.2 Å². The summed E-state index contributed by atoms with van der Waals surface area (Å²) in [5, 5.41) is 3.10. The summed E-state index contributed by atoms with van der Waals surface area (Å²) in [7, 11) is 3.56. The van der Waals surface area contributed by atoms with Crippen LogP contribution in [0.25, 0.3) is 0 Å². The molecule has 3 N–H and O–H groups in total. The number of benzene rings is 1. The lowest BCUT2D eigenvalue weighted by Crippen LogP contribution is -2.15. The summed E-state index contributed by atoms with van der Waals surface area (Å²) in [4.78, 5) is 13.7. The van der Waals surface area contributed by atoms with E-state index in [2.05, 4.69) is 20.3 Å². The first-order chi connectivity index (χ1) is 8.95. The van der Waals surface area contributed by atoms with Crippen molar-refractivity contribution in [3.05, 3.63) is 29.0 Å². The van der Waals surface area contributed by atoms with E-state index in [1.807, 2.05) is 0 Å². The van der Waals surface area contributed by atoms with Gasteiger partial charge in [0.1, 0.15) is 5.82 Å². The van der Waals surface area contributed by atoms with Gasteiger partial charge in [-0.25, -0.2) is 4.39 Å². The van der Waals surface area contributed by atoms with Gasteiger partial charge in [-0.15, -0.1) is 0 Å². The summed E-state index contributed by atoms with van der Waals surface area (Å²) >= 11 is 5.91. The molecule has 0 saturated carbocycles. The van der Waals surface area contributed by atoms with Gasteiger partial charge in [0.2, 0.25) is 17.8 Å². The topological polar surface area (TPSA) is 80.0 Å². The zero-order valence-corrected chi connectivity index (χ0v) is 11.1. The van der Waals surface area contributed by atoms with Gasteiger partial charge in [0.05, 0.1) is 10.7 Å². The number of nitrogens with one attached hydrogen (secondary N) is 1. The minimum atomic E-state index is -0.417. The van der Waals surface area contributed by atoms with Crippen LogP contribution >= 0.6 is 11.6 Å². The Balaban J connectivity index is 2.32. The van der Waals surface area contributed by atoms with Crippen LogP contribution in [0.1, 0.15) is 0 Å². The highest BCUT2D eigenvalue weighted by atomic mass is 35.5. The van der Waals surface area contributed by atoms with E-state index < -0.39 is 5.82 Å². The quantitative estimate of drug-likeness (QED) is 0.897. The molecule has 19 heavy (non-hydrogen) atoms. The molecular weight excluding hydrogens is 271 g/mol. The minimum Gasteiger partial charge on any atom is -0.368 e. The zero-order valence-electron chi connectivity index (χ0n) is 10.4. The molecule has 0 bridgehead atoms. The predicted octanol–water partition coefficient (Wildman–Crippen LogP) is 2.06. The highest BCUT2D eigenvalue weighted by Crippen LogP contribution is 2.25. The van der Waals surface area contributed by atoms with Crippen molar-refractivity contribution in [3.63, 3.8) is 0 Å². The maximum Gasteiger partial charge on any atom is 0.233 e. The molecule has 2 aromatic rings. The van der Waals surface area contributed by atoms with Gasteiger partial charge >= 0.3 is 0 Å². The highest BCUT2D eigenvalue weighted by Gasteiger charge is 2.08. The van der Waals surface area contributed by atoms with Crippen LogP contribution in [-0.2, 0) is 0 Å². The normalized spacial score (nSPS) is 10.3. The van der Waals surface area contributed by atoms with E-state index in [-0.39, 0.29) is 16.9 Å². The third-order valence-corrected chi connectivity index (χ3v) is 2.53. The summed E-state index contributed by atoms with van der Waals surface area (Å²) in [5.74, 6) is 0.317. The second-order valence-corrected chi connectivity index (χ2v) is 4.37. The van der Waals surface area contributed by atoms with Crippen molar-refractivity contribution in [1.82, 2.24) is 15.0 Å². The number of aromatic nitrogens is 3. The van der Waals surface area contributed by atoms with E-state index in [1.165, 1.54) is 18.2 Å². The smallest absolute Gasteiger partial charge is 0.233 e. The van der Waals surface area contributed by atoms with Crippen molar-refractivity contribution in [3.8, 4) is 0 Å². The van der Waals surface area contributed by atoms with Crippen molar-refractivity contribution < 1.29 is 4.39 Å².